The van der Waals surface area contributed by atoms with Crippen LogP contribution in [0.15, 0.2) is 42.5 Å². The third kappa shape index (κ3) is 3.65. The summed E-state index contributed by atoms with van der Waals surface area (Å²) in [5, 5.41) is 14.8. The quantitative estimate of drug-likeness (QED) is 0.673. The largest absolute Gasteiger partial charge is 0.329 e. The molecule has 1 atom stereocenters. The molecule has 0 spiro atoms. The van der Waals surface area contributed by atoms with E-state index < -0.39 is 4.92 Å². The van der Waals surface area contributed by atoms with Crippen molar-refractivity contribution in [1.29, 1.82) is 0 Å². The van der Waals surface area contributed by atoms with Gasteiger partial charge >= 0.3 is 0 Å². The van der Waals surface area contributed by atoms with Crippen LogP contribution in [0, 0.1) is 17.0 Å². The van der Waals surface area contributed by atoms with Crippen LogP contribution in [0.4, 0.5) is 5.69 Å². The lowest BCUT2D eigenvalue weighted by Crippen LogP contribution is -2.48. The van der Waals surface area contributed by atoms with Gasteiger partial charge in [0.15, 0.2) is 0 Å². The fourth-order valence-corrected chi connectivity index (χ4v) is 3.31. The minimum Gasteiger partial charge on any atom is -0.329 e. The number of nitrogens with zero attached hydrogens (tertiary/aromatic N) is 2. The van der Waals surface area contributed by atoms with Crippen LogP contribution in [0.2, 0.25) is 5.02 Å². The molecular weight excluding hydrogens is 342 g/mol. The van der Waals surface area contributed by atoms with E-state index in [1.165, 1.54) is 18.2 Å². The van der Waals surface area contributed by atoms with Crippen molar-refractivity contribution in [1.82, 2.24) is 10.2 Å². The van der Waals surface area contributed by atoms with Gasteiger partial charge in [-0.3, -0.25) is 14.9 Å². The zero-order valence-corrected chi connectivity index (χ0v) is 14.5. The van der Waals surface area contributed by atoms with Gasteiger partial charge in [0.25, 0.3) is 11.6 Å². The van der Waals surface area contributed by atoms with Crippen LogP contribution in [-0.2, 0) is 0 Å². The van der Waals surface area contributed by atoms with Gasteiger partial charge in [0.2, 0.25) is 0 Å². The maximum absolute atomic E-state index is 13.1. The smallest absolute Gasteiger partial charge is 0.269 e. The SMILES string of the molecule is Cc1cc([N+](=O)[O-])ccc1C(=O)N1CCNCC1c1cccc(Cl)c1. The van der Waals surface area contributed by atoms with Gasteiger partial charge in [0.1, 0.15) is 0 Å². The van der Waals surface area contributed by atoms with E-state index >= 15 is 0 Å². The number of halogens is 1. The van der Waals surface area contributed by atoms with E-state index in [1.54, 1.807) is 17.9 Å². The number of nitro benzene ring substituents is 1. The van der Waals surface area contributed by atoms with Gasteiger partial charge in [-0.1, -0.05) is 23.7 Å². The molecule has 1 heterocycles. The first-order valence-electron chi connectivity index (χ1n) is 7.99. The molecule has 2 aromatic rings. The van der Waals surface area contributed by atoms with Gasteiger partial charge in [-0.15, -0.1) is 0 Å². The Balaban J connectivity index is 1.92. The van der Waals surface area contributed by atoms with Gasteiger partial charge in [-0.05, 0) is 36.2 Å². The third-order valence-corrected chi connectivity index (χ3v) is 4.62. The van der Waals surface area contributed by atoms with Crippen molar-refractivity contribution in [2.24, 2.45) is 0 Å². The summed E-state index contributed by atoms with van der Waals surface area (Å²) in [6.45, 7) is 3.62. The fourth-order valence-electron chi connectivity index (χ4n) is 3.12. The summed E-state index contributed by atoms with van der Waals surface area (Å²) in [5.41, 5.74) is 2.04. The van der Waals surface area contributed by atoms with E-state index in [-0.39, 0.29) is 17.6 Å². The molecule has 0 aromatic heterocycles. The zero-order valence-electron chi connectivity index (χ0n) is 13.7. The van der Waals surface area contributed by atoms with E-state index in [1.807, 2.05) is 18.2 Å². The first-order chi connectivity index (χ1) is 12.0. The van der Waals surface area contributed by atoms with Crippen LogP contribution in [-0.4, -0.2) is 35.4 Å². The van der Waals surface area contributed by atoms with E-state index in [4.69, 9.17) is 11.6 Å². The monoisotopic (exact) mass is 359 g/mol. The predicted octanol–water partition coefficient (Wildman–Crippen LogP) is 3.34. The average molecular weight is 360 g/mol. The Hall–Kier alpha value is -2.44. The van der Waals surface area contributed by atoms with Crippen LogP contribution >= 0.6 is 11.6 Å². The molecule has 3 rings (SSSR count). The molecule has 0 saturated carbocycles. The number of amides is 1. The van der Waals surface area contributed by atoms with Crippen molar-refractivity contribution < 1.29 is 9.72 Å². The summed E-state index contributed by atoms with van der Waals surface area (Å²) in [6, 6.07) is 11.7. The van der Waals surface area contributed by atoms with Gasteiger partial charge < -0.3 is 10.2 Å². The molecule has 25 heavy (non-hydrogen) atoms. The van der Waals surface area contributed by atoms with E-state index in [2.05, 4.69) is 5.32 Å². The number of carbonyl (C=O) groups is 1. The molecule has 1 aliphatic heterocycles. The maximum Gasteiger partial charge on any atom is 0.269 e. The Morgan fingerprint density at radius 1 is 1.32 bits per heavy atom. The van der Waals surface area contributed by atoms with Gasteiger partial charge in [-0.25, -0.2) is 0 Å². The molecule has 7 heteroatoms. The first-order valence-corrected chi connectivity index (χ1v) is 8.37. The second-order valence-electron chi connectivity index (χ2n) is 6.03. The predicted molar refractivity (Wildman–Crippen MR) is 95.9 cm³/mol. The summed E-state index contributed by atoms with van der Waals surface area (Å²) in [5.74, 6) is -0.126. The van der Waals surface area contributed by atoms with Crippen LogP contribution < -0.4 is 5.32 Å². The summed E-state index contributed by atoms with van der Waals surface area (Å²) >= 11 is 6.09. The second kappa shape index (κ2) is 7.21. The number of benzene rings is 2. The van der Waals surface area contributed by atoms with E-state index in [0.29, 0.717) is 35.8 Å². The highest BCUT2D eigenvalue weighted by molar-refractivity contribution is 6.30. The fraction of sp³-hybridized carbons (Fsp3) is 0.278. The van der Waals surface area contributed by atoms with Crippen LogP contribution in [0.1, 0.15) is 27.5 Å². The molecule has 130 valence electrons. The standard InChI is InChI=1S/C18H18ClN3O3/c1-12-9-15(22(24)25)5-6-16(12)18(23)21-8-7-20-11-17(21)13-3-2-4-14(19)10-13/h2-6,9-10,17,20H,7-8,11H2,1H3. The lowest BCUT2D eigenvalue weighted by molar-refractivity contribution is -0.384. The molecule has 0 aliphatic carbocycles. The Labute approximate surface area is 150 Å². The molecule has 0 radical (unpaired) electrons. The lowest BCUT2D eigenvalue weighted by atomic mass is 10.0. The van der Waals surface area contributed by atoms with Gasteiger partial charge in [-0.2, -0.15) is 0 Å². The highest BCUT2D eigenvalue weighted by Gasteiger charge is 2.29. The number of carbonyl (C=O) groups excluding carboxylic acids is 1. The summed E-state index contributed by atoms with van der Waals surface area (Å²) in [4.78, 5) is 25.3. The molecule has 1 fully saturated rings. The maximum atomic E-state index is 13.1. The number of non-ortho nitro benzene ring substituents is 1. The number of aryl methyl sites for hydroxylation is 1. The highest BCUT2D eigenvalue weighted by atomic mass is 35.5. The van der Waals surface area contributed by atoms with Crippen molar-refractivity contribution in [2.75, 3.05) is 19.6 Å². The van der Waals surface area contributed by atoms with E-state index in [9.17, 15) is 14.9 Å². The molecule has 1 aliphatic rings. The number of rotatable bonds is 3. The van der Waals surface area contributed by atoms with Crippen LogP contribution in [0.25, 0.3) is 0 Å². The minimum absolute atomic E-state index is 0.0132. The normalized spacial score (nSPS) is 17.4. The van der Waals surface area contributed by atoms with Gasteiger partial charge in [0.05, 0.1) is 11.0 Å². The van der Waals surface area contributed by atoms with Crippen molar-refractivity contribution >= 4 is 23.2 Å². The number of hydrogen-bond donors (Lipinski definition) is 1. The topological polar surface area (TPSA) is 75.5 Å². The second-order valence-corrected chi connectivity index (χ2v) is 6.47. The zero-order chi connectivity index (χ0) is 18.0. The van der Waals surface area contributed by atoms with Crippen molar-refractivity contribution in [3.05, 3.63) is 74.3 Å². The van der Waals surface area contributed by atoms with Crippen molar-refractivity contribution in [2.45, 2.75) is 13.0 Å². The third-order valence-electron chi connectivity index (χ3n) is 4.39. The minimum atomic E-state index is -0.457. The Morgan fingerprint density at radius 3 is 2.80 bits per heavy atom. The molecule has 1 amide bonds. The Kier molecular flexibility index (Phi) is 5.01. The summed E-state index contributed by atoms with van der Waals surface area (Å²) in [7, 11) is 0. The number of nitro groups is 1. The number of piperazine rings is 1. The molecule has 1 saturated heterocycles. The van der Waals surface area contributed by atoms with Crippen molar-refractivity contribution in [3.63, 3.8) is 0 Å². The summed E-state index contributed by atoms with van der Waals surface area (Å²) < 4.78 is 0. The lowest BCUT2D eigenvalue weighted by Gasteiger charge is -2.37. The number of hydrogen-bond acceptors (Lipinski definition) is 4. The first kappa shape index (κ1) is 17.4. The number of nitrogens with one attached hydrogen (secondary N) is 1. The molecule has 1 N–H and O–H groups in total. The van der Waals surface area contributed by atoms with Crippen LogP contribution in [0.3, 0.4) is 0 Å². The highest BCUT2D eigenvalue weighted by Crippen LogP contribution is 2.27. The van der Waals surface area contributed by atoms with Crippen molar-refractivity contribution in [3.8, 4) is 0 Å². The average Bonchev–Trinajstić information content (AvgIpc) is 2.61. The van der Waals surface area contributed by atoms with Gasteiger partial charge in [0, 0.05) is 42.4 Å². The molecule has 0 bridgehead atoms. The van der Waals surface area contributed by atoms with E-state index in [0.717, 1.165) is 5.56 Å². The molecule has 1 unspecified atom stereocenters. The molecule has 2 aromatic carbocycles. The Bertz CT molecular complexity index is 825. The Morgan fingerprint density at radius 2 is 2.12 bits per heavy atom. The molecule has 6 nitrogen and oxygen atoms in total. The van der Waals surface area contributed by atoms with Crippen LogP contribution in [0.5, 0.6) is 0 Å². The summed E-state index contributed by atoms with van der Waals surface area (Å²) in [6.07, 6.45) is 0. The molecular formula is C18H18ClN3O3.